The number of rotatable bonds is 8. The molecule has 1 heterocycles. The fourth-order valence-corrected chi connectivity index (χ4v) is 4.86. The van der Waals surface area contributed by atoms with E-state index in [1.54, 1.807) is 42.5 Å². The maximum absolute atomic E-state index is 13.2. The first-order chi connectivity index (χ1) is 18.0. The smallest absolute Gasteiger partial charge is 0.335 e. The van der Waals surface area contributed by atoms with E-state index in [1.165, 1.54) is 24.3 Å². The van der Waals surface area contributed by atoms with Gasteiger partial charge in [0.1, 0.15) is 11.8 Å². The molecule has 1 aliphatic heterocycles. The molecule has 0 radical (unpaired) electrons. The lowest BCUT2D eigenvalue weighted by Gasteiger charge is -2.35. The van der Waals surface area contributed by atoms with E-state index < -0.39 is 22.0 Å². The van der Waals surface area contributed by atoms with Gasteiger partial charge in [0.15, 0.2) is 0 Å². The number of primary sulfonamides is 1. The Morgan fingerprint density at radius 3 is 2.42 bits per heavy atom. The van der Waals surface area contributed by atoms with Gasteiger partial charge >= 0.3 is 5.97 Å². The van der Waals surface area contributed by atoms with E-state index in [4.69, 9.17) is 15.0 Å². The molecule has 1 aliphatic rings. The molecule has 1 saturated heterocycles. The van der Waals surface area contributed by atoms with E-state index >= 15 is 0 Å². The lowest BCUT2D eigenvalue weighted by Crippen LogP contribution is -2.53. The molecule has 0 unspecified atom stereocenters. The van der Waals surface area contributed by atoms with Gasteiger partial charge in [0, 0.05) is 18.7 Å². The van der Waals surface area contributed by atoms with Gasteiger partial charge in [-0.3, -0.25) is 9.69 Å². The van der Waals surface area contributed by atoms with E-state index in [9.17, 15) is 23.1 Å². The van der Waals surface area contributed by atoms with E-state index in [0.717, 1.165) is 11.1 Å². The second-order valence-corrected chi connectivity index (χ2v) is 10.7. The molecule has 1 fully saturated rings. The fraction of sp³-hybridized carbons (Fsp3) is 0.259. The average Bonchev–Trinajstić information content (AvgIpc) is 2.89. The molecule has 0 aromatic heterocycles. The molecule has 1 amide bonds. The zero-order chi connectivity index (χ0) is 27.4. The van der Waals surface area contributed by atoms with Crippen molar-refractivity contribution in [3.05, 3.63) is 83.4 Å². The van der Waals surface area contributed by atoms with Crippen LogP contribution in [0.15, 0.2) is 71.6 Å². The number of nitrogens with two attached hydrogens (primary N) is 1. The third-order valence-electron chi connectivity index (χ3n) is 6.50. The molecule has 11 heteroatoms. The average molecular weight is 540 g/mol. The van der Waals surface area contributed by atoms with E-state index in [-0.39, 0.29) is 34.8 Å². The van der Waals surface area contributed by atoms with Gasteiger partial charge in [0.2, 0.25) is 15.9 Å². The van der Waals surface area contributed by atoms with Crippen LogP contribution in [0.25, 0.3) is 11.1 Å². The summed E-state index contributed by atoms with van der Waals surface area (Å²) in [6, 6.07) is 16.5. The molecule has 0 saturated carbocycles. The number of hydrogen-bond donors (Lipinski definition) is 4. The lowest BCUT2D eigenvalue weighted by atomic mass is 10.0. The second kappa shape index (κ2) is 11.3. The third-order valence-corrected chi connectivity index (χ3v) is 7.43. The highest BCUT2D eigenvalue weighted by Gasteiger charge is 2.30. The Bertz CT molecular complexity index is 1420. The number of carbonyl (C=O) groups is 2. The normalized spacial score (nSPS) is 17.1. The quantitative estimate of drug-likeness (QED) is 0.340. The van der Waals surface area contributed by atoms with Gasteiger partial charge in [-0.15, -0.1) is 0 Å². The van der Waals surface area contributed by atoms with Gasteiger partial charge in [0.05, 0.1) is 29.7 Å². The maximum Gasteiger partial charge on any atom is 0.335 e. The topological polar surface area (TPSA) is 159 Å². The van der Waals surface area contributed by atoms with Crippen molar-refractivity contribution in [3.8, 4) is 16.9 Å². The van der Waals surface area contributed by atoms with Gasteiger partial charge in [-0.25, -0.2) is 18.4 Å². The second-order valence-electron chi connectivity index (χ2n) is 9.14. The van der Waals surface area contributed by atoms with Crippen LogP contribution in [0.3, 0.4) is 0 Å². The van der Waals surface area contributed by atoms with Crippen LogP contribution >= 0.6 is 0 Å². The number of phenolic OH excluding ortho intramolecular Hbond substituents is 1. The third kappa shape index (κ3) is 6.37. The number of nitrogens with zero attached hydrogens (tertiary/aromatic N) is 1. The van der Waals surface area contributed by atoms with Crippen LogP contribution in [0, 0.1) is 0 Å². The molecule has 200 valence electrons. The molecule has 0 spiro atoms. The highest BCUT2D eigenvalue weighted by atomic mass is 32.2. The predicted molar refractivity (Wildman–Crippen MR) is 140 cm³/mol. The van der Waals surface area contributed by atoms with Crippen LogP contribution in [0.5, 0.6) is 5.75 Å². The summed E-state index contributed by atoms with van der Waals surface area (Å²) in [5, 5.41) is 27.7. The van der Waals surface area contributed by atoms with Crippen LogP contribution in [0.1, 0.15) is 34.5 Å². The van der Waals surface area contributed by atoms with Gasteiger partial charge in [0.25, 0.3) is 0 Å². The van der Waals surface area contributed by atoms with Crippen molar-refractivity contribution >= 4 is 21.9 Å². The maximum atomic E-state index is 13.2. The summed E-state index contributed by atoms with van der Waals surface area (Å²) >= 11 is 0. The minimum atomic E-state index is -3.83. The molecule has 38 heavy (non-hydrogen) atoms. The summed E-state index contributed by atoms with van der Waals surface area (Å²) in [4.78, 5) is 26.3. The molecule has 5 N–H and O–H groups in total. The summed E-state index contributed by atoms with van der Waals surface area (Å²) in [5.74, 6) is -1.19. The summed E-state index contributed by atoms with van der Waals surface area (Å²) in [5.41, 5.74) is 2.95. The summed E-state index contributed by atoms with van der Waals surface area (Å²) < 4.78 is 28.7. The first-order valence-electron chi connectivity index (χ1n) is 11.9. The molecule has 3 aromatic rings. The Labute approximate surface area is 220 Å². The molecule has 3 aromatic carbocycles. The Hall–Kier alpha value is -3.77. The SMILES string of the molecule is C[C@H](NC(=O)[C@H]1COCCN1Cc1ccc(O)c(-c2ccc(S(N)(=O)=O)cc2)c1)c1ccc(C(=O)O)cc1. The van der Waals surface area contributed by atoms with Crippen molar-refractivity contribution < 1.29 is 33.0 Å². The molecule has 4 rings (SSSR count). The molecule has 0 aliphatic carbocycles. The summed E-state index contributed by atoms with van der Waals surface area (Å²) in [6.45, 7) is 3.46. The number of sulfonamides is 1. The number of carboxylic acids is 1. The van der Waals surface area contributed by atoms with E-state index in [0.29, 0.717) is 30.8 Å². The number of phenols is 1. The van der Waals surface area contributed by atoms with Crippen molar-refractivity contribution in [1.82, 2.24) is 10.2 Å². The van der Waals surface area contributed by atoms with Gasteiger partial charge in [-0.05, 0) is 60.0 Å². The Morgan fingerprint density at radius 2 is 1.79 bits per heavy atom. The molecule has 0 bridgehead atoms. The summed E-state index contributed by atoms with van der Waals surface area (Å²) in [7, 11) is -3.83. The Morgan fingerprint density at radius 1 is 1.11 bits per heavy atom. The first-order valence-corrected chi connectivity index (χ1v) is 13.5. The number of carboxylic acid groups (broad SMARTS) is 1. The number of amides is 1. The lowest BCUT2D eigenvalue weighted by molar-refractivity contribution is -0.133. The fourth-order valence-electron chi connectivity index (χ4n) is 4.35. The van der Waals surface area contributed by atoms with E-state index in [2.05, 4.69) is 5.32 Å². The van der Waals surface area contributed by atoms with Crippen molar-refractivity contribution in [2.24, 2.45) is 5.14 Å². The van der Waals surface area contributed by atoms with Gasteiger partial charge in [-0.1, -0.05) is 30.3 Å². The van der Waals surface area contributed by atoms with Crippen molar-refractivity contribution in [3.63, 3.8) is 0 Å². The van der Waals surface area contributed by atoms with Gasteiger partial charge < -0.3 is 20.3 Å². The van der Waals surface area contributed by atoms with Crippen LogP contribution in [-0.2, 0) is 26.1 Å². The number of carbonyl (C=O) groups excluding carboxylic acids is 1. The zero-order valence-electron chi connectivity index (χ0n) is 20.7. The Kier molecular flexibility index (Phi) is 8.12. The molecule has 2 atom stereocenters. The zero-order valence-corrected chi connectivity index (χ0v) is 21.5. The highest BCUT2D eigenvalue weighted by molar-refractivity contribution is 7.89. The first kappa shape index (κ1) is 27.3. The van der Waals surface area contributed by atoms with Crippen LogP contribution in [-0.4, -0.2) is 61.2 Å². The van der Waals surface area contributed by atoms with E-state index in [1.807, 2.05) is 11.8 Å². The van der Waals surface area contributed by atoms with Crippen LogP contribution in [0.4, 0.5) is 0 Å². The summed E-state index contributed by atoms with van der Waals surface area (Å²) in [6.07, 6.45) is 0. The number of benzene rings is 3. The number of aromatic hydroxyl groups is 1. The number of morpholine rings is 1. The van der Waals surface area contributed by atoms with Gasteiger partial charge in [-0.2, -0.15) is 0 Å². The van der Waals surface area contributed by atoms with Crippen molar-refractivity contribution in [2.75, 3.05) is 19.8 Å². The standard InChI is InChI=1S/C27H29N3O7S/c1-17(19-3-5-21(6-4-19)27(33)34)29-26(32)24-16-37-13-12-30(24)15-18-2-11-25(31)23(14-18)20-7-9-22(10-8-20)38(28,35)36/h2-11,14,17,24,31H,12-13,15-16H2,1H3,(H,29,32)(H,33,34)(H2,28,35,36)/t17-,24+/m0/s1. The van der Waals surface area contributed by atoms with Crippen molar-refractivity contribution in [2.45, 2.75) is 30.4 Å². The van der Waals surface area contributed by atoms with Crippen LogP contribution in [0.2, 0.25) is 0 Å². The number of ether oxygens (including phenoxy) is 1. The monoisotopic (exact) mass is 539 g/mol. The highest BCUT2D eigenvalue weighted by Crippen LogP contribution is 2.31. The van der Waals surface area contributed by atoms with Crippen LogP contribution < -0.4 is 10.5 Å². The minimum absolute atomic E-state index is 0.0221. The Balaban J connectivity index is 1.48. The molecule has 10 nitrogen and oxygen atoms in total. The minimum Gasteiger partial charge on any atom is -0.507 e. The number of hydrogen-bond acceptors (Lipinski definition) is 7. The number of aromatic carboxylic acids is 1. The molecular formula is C27H29N3O7S. The number of nitrogens with one attached hydrogen (secondary N) is 1. The largest absolute Gasteiger partial charge is 0.507 e. The van der Waals surface area contributed by atoms with Crippen molar-refractivity contribution in [1.29, 1.82) is 0 Å². The predicted octanol–water partition coefficient (Wildman–Crippen LogP) is 2.48. The molecular weight excluding hydrogens is 510 g/mol.